The van der Waals surface area contributed by atoms with Crippen molar-refractivity contribution in [3.8, 4) is 0 Å². The topological polar surface area (TPSA) is 90.5 Å². The van der Waals surface area contributed by atoms with Crippen molar-refractivity contribution in [3.63, 3.8) is 0 Å². The Labute approximate surface area is 135 Å². The van der Waals surface area contributed by atoms with Crippen LogP contribution in [0.15, 0.2) is 15.5 Å². The summed E-state index contributed by atoms with van der Waals surface area (Å²) >= 11 is 0. The highest BCUT2D eigenvalue weighted by atomic mass is 32.2. The Hall–Kier alpha value is -1.71. The molecule has 0 aliphatic carbocycles. The van der Waals surface area contributed by atoms with Gasteiger partial charge >= 0.3 is 0 Å². The molecule has 2 aromatic heterocycles. The van der Waals surface area contributed by atoms with E-state index in [4.69, 9.17) is 9.26 Å². The number of hydrogen-bond acceptors (Lipinski definition) is 6. The van der Waals surface area contributed by atoms with Crippen molar-refractivity contribution < 1.29 is 17.7 Å². The predicted molar refractivity (Wildman–Crippen MR) is 81.6 cm³/mol. The van der Waals surface area contributed by atoms with Gasteiger partial charge in [0.2, 0.25) is 10.0 Å². The molecule has 0 spiro atoms. The van der Waals surface area contributed by atoms with Gasteiger partial charge in [-0.25, -0.2) is 8.42 Å². The van der Waals surface area contributed by atoms with Crippen molar-refractivity contribution in [2.24, 2.45) is 0 Å². The molecule has 0 aromatic carbocycles. The summed E-state index contributed by atoms with van der Waals surface area (Å²) in [5.41, 5.74) is 1.87. The lowest BCUT2D eigenvalue weighted by molar-refractivity contribution is 0.0730. The summed E-state index contributed by atoms with van der Waals surface area (Å²) < 4.78 is 39.3. The van der Waals surface area contributed by atoms with Gasteiger partial charge in [-0.15, -0.1) is 0 Å². The van der Waals surface area contributed by atoms with Gasteiger partial charge in [0, 0.05) is 19.2 Å². The van der Waals surface area contributed by atoms with Crippen LogP contribution < -0.4 is 0 Å². The smallest absolute Gasteiger partial charge is 0.246 e. The van der Waals surface area contributed by atoms with Crippen molar-refractivity contribution in [1.29, 1.82) is 0 Å². The maximum absolute atomic E-state index is 12.9. The lowest BCUT2D eigenvalue weighted by atomic mass is 10.3. The second-order valence-corrected chi connectivity index (χ2v) is 7.48. The number of sulfonamides is 1. The van der Waals surface area contributed by atoms with E-state index >= 15 is 0 Å². The fourth-order valence-corrected chi connectivity index (χ4v) is 4.54. The minimum atomic E-state index is -3.57. The third kappa shape index (κ3) is 3.04. The molecule has 2 aromatic rings. The summed E-state index contributed by atoms with van der Waals surface area (Å²) in [5, 5.41) is 8.21. The van der Waals surface area contributed by atoms with Crippen molar-refractivity contribution in [3.05, 3.63) is 28.9 Å². The quantitative estimate of drug-likeness (QED) is 0.820. The van der Waals surface area contributed by atoms with Gasteiger partial charge in [-0.05, 0) is 20.8 Å². The normalized spacial score (nSPS) is 16.8. The first-order chi connectivity index (χ1) is 10.9. The van der Waals surface area contributed by atoms with Gasteiger partial charge in [0.25, 0.3) is 0 Å². The Balaban J connectivity index is 1.94. The molecule has 126 valence electrons. The van der Waals surface area contributed by atoms with E-state index in [1.54, 1.807) is 18.5 Å². The van der Waals surface area contributed by atoms with Crippen LogP contribution in [-0.2, 0) is 21.3 Å². The number of nitrogens with zero attached hydrogens (tertiary/aromatic N) is 4. The van der Waals surface area contributed by atoms with E-state index in [9.17, 15) is 8.42 Å². The molecule has 0 bridgehead atoms. The monoisotopic (exact) mass is 340 g/mol. The number of morpholine rings is 1. The molecule has 1 fully saturated rings. The van der Waals surface area contributed by atoms with Crippen LogP contribution in [0, 0.1) is 20.8 Å². The molecule has 0 atom stereocenters. The molecule has 9 heteroatoms. The largest absolute Gasteiger partial charge is 0.379 e. The molecule has 1 aliphatic heterocycles. The Kier molecular flexibility index (Phi) is 4.26. The molecule has 0 amide bonds. The number of hydrogen-bond donors (Lipinski definition) is 0. The van der Waals surface area contributed by atoms with E-state index in [-0.39, 0.29) is 4.90 Å². The summed E-state index contributed by atoms with van der Waals surface area (Å²) in [4.78, 5) is 0.274. The fraction of sp³-hybridized carbons (Fsp3) is 0.571. The molecule has 1 aliphatic rings. The molecule has 3 rings (SSSR count). The maximum Gasteiger partial charge on any atom is 0.246 e. The molecule has 0 radical (unpaired) electrons. The van der Waals surface area contributed by atoms with Gasteiger partial charge in [0.15, 0.2) is 5.76 Å². The zero-order chi connectivity index (χ0) is 16.6. The number of ether oxygens (including phenoxy) is 1. The lowest BCUT2D eigenvalue weighted by Gasteiger charge is -2.26. The molecule has 3 heterocycles. The molecule has 1 saturated heterocycles. The zero-order valence-electron chi connectivity index (χ0n) is 13.4. The summed E-state index contributed by atoms with van der Waals surface area (Å²) in [5.74, 6) is 0.642. The average Bonchev–Trinajstić information content (AvgIpc) is 3.04. The van der Waals surface area contributed by atoms with Gasteiger partial charge in [0.05, 0.1) is 30.3 Å². The van der Waals surface area contributed by atoms with Crippen LogP contribution in [0.2, 0.25) is 0 Å². The number of rotatable bonds is 4. The van der Waals surface area contributed by atoms with Crippen LogP contribution in [0.4, 0.5) is 0 Å². The minimum Gasteiger partial charge on any atom is -0.379 e. The third-order valence-corrected chi connectivity index (χ3v) is 6.02. The zero-order valence-corrected chi connectivity index (χ0v) is 14.3. The Morgan fingerprint density at radius 2 is 1.91 bits per heavy atom. The van der Waals surface area contributed by atoms with E-state index in [0.29, 0.717) is 50.0 Å². The summed E-state index contributed by atoms with van der Waals surface area (Å²) in [6.07, 6.45) is 0. The van der Waals surface area contributed by atoms with Crippen LogP contribution in [0.3, 0.4) is 0 Å². The molecular weight excluding hydrogens is 320 g/mol. The Morgan fingerprint density at radius 1 is 1.22 bits per heavy atom. The first-order valence-electron chi connectivity index (χ1n) is 7.43. The van der Waals surface area contributed by atoms with Crippen molar-refractivity contribution in [2.45, 2.75) is 32.2 Å². The maximum atomic E-state index is 12.9. The molecule has 0 unspecified atom stereocenters. The molecule has 23 heavy (non-hydrogen) atoms. The van der Waals surface area contributed by atoms with Crippen LogP contribution >= 0.6 is 0 Å². The average molecular weight is 340 g/mol. The summed E-state index contributed by atoms with van der Waals surface area (Å²) in [6, 6.07) is 1.81. The molecular formula is C14H20N4O4S. The fourth-order valence-electron chi connectivity index (χ4n) is 2.76. The highest BCUT2D eigenvalue weighted by molar-refractivity contribution is 7.89. The van der Waals surface area contributed by atoms with Gasteiger partial charge < -0.3 is 9.26 Å². The van der Waals surface area contributed by atoms with E-state index in [1.807, 2.05) is 13.0 Å². The first-order valence-corrected chi connectivity index (χ1v) is 8.87. The standard InChI is InChI=1S/C14H20N4O4S/c1-10-8-13(22-16-10)9-18-12(3)14(11(2)15-18)23(19,20)17-4-6-21-7-5-17/h8H,4-7,9H2,1-3H3. The lowest BCUT2D eigenvalue weighted by Crippen LogP contribution is -2.41. The van der Waals surface area contributed by atoms with Gasteiger partial charge in [0.1, 0.15) is 11.4 Å². The van der Waals surface area contributed by atoms with E-state index < -0.39 is 10.0 Å². The highest BCUT2D eigenvalue weighted by Gasteiger charge is 2.32. The van der Waals surface area contributed by atoms with E-state index in [2.05, 4.69) is 10.3 Å². The van der Waals surface area contributed by atoms with Crippen molar-refractivity contribution in [2.75, 3.05) is 26.3 Å². The SMILES string of the molecule is Cc1cc(Cn2nc(C)c(S(=O)(=O)N3CCOCC3)c2C)on1. The minimum absolute atomic E-state index is 0.274. The molecule has 8 nitrogen and oxygen atoms in total. The summed E-state index contributed by atoms with van der Waals surface area (Å²) in [6.45, 7) is 7.24. The van der Waals surface area contributed by atoms with Crippen LogP contribution in [0.1, 0.15) is 22.8 Å². The second kappa shape index (κ2) is 6.06. The summed E-state index contributed by atoms with van der Waals surface area (Å²) in [7, 11) is -3.57. The molecule has 0 N–H and O–H groups in total. The van der Waals surface area contributed by atoms with Gasteiger partial charge in [-0.3, -0.25) is 4.68 Å². The predicted octanol–water partition coefficient (Wildman–Crippen LogP) is 0.866. The van der Waals surface area contributed by atoms with Crippen LogP contribution in [0.25, 0.3) is 0 Å². The van der Waals surface area contributed by atoms with Crippen LogP contribution in [0.5, 0.6) is 0 Å². The second-order valence-electron chi connectivity index (χ2n) is 5.61. The Morgan fingerprint density at radius 3 is 2.52 bits per heavy atom. The first kappa shape index (κ1) is 16.2. The van der Waals surface area contributed by atoms with Gasteiger partial charge in [-0.1, -0.05) is 5.16 Å². The van der Waals surface area contributed by atoms with E-state index in [1.165, 1.54) is 4.31 Å². The Bertz CT molecular complexity index is 803. The van der Waals surface area contributed by atoms with Gasteiger partial charge in [-0.2, -0.15) is 9.40 Å². The molecule has 0 saturated carbocycles. The highest BCUT2D eigenvalue weighted by Crippen LogP contribution is 2.24. The number of aryl methyl sites for hydroxylation is 2. The van der Waals surface area contributed by atoms with Crippen molar-refractivity contribution in [1.82, 2.24) is 19.2 Å². The number of aromatic nitrogens is 3. The van der Waals surface area contributed by atoms with E-state index in [0.717, 1.165) is 5.69 Å². The van der Waals surface area contributed by atoms with Crippen LogP contribution in [-0.4, -0.2) is 54.0 Å². The third-order valence-electron chi connectivity index (χ3n) is 3.87. The van der Waals surface area contributed by atoms with Crippen molar-refractivity contribution >= 4 is 10.0 Å².